The Morgan fingerprint density at radius 2 is 2.08 bits per heavy atom. The second kappa shape index (κ2) is 7.92. The molecule has 134 valence electrons. The lowest BCUT2D eigenvalue weighted by molar-refractivity contribution is 0.189. The number of benzene rings is 1. The number of urea groups is 1. The van der Waals surface area contributed by atoms with Gasteiger partial charge < -0.3 is 19.9 Å². The first-order valence-electron chi connectivity index (χ1n) is 8.57. The van der Waals surface area contributed by atoms with Crippen molar-refractivity contribution in [3.05, 3.63) is 42.7 Å². The number of ether oxygens (including phenoxy) is 1. The molecule has 7 nitrogen and oxygen atoms in total. The van der Waals surface area contributed by atoms with Crippen LogP contribution in [0.15, 0.2) is 42.7 Å². The Balaban J connectivity index is 1.48. The summed E-state index contributed by atoms with van der Waals surface area (Å²) in [6.07, 6.45) is 3.64. The monoisotopic (exact) mass is 343 g/mol. The van der Waals surface area contributed by atoms with Crippen LogP contribution in [0.25, 0.3) is 0 Å². The Hall–Kier alpha value is -2.70. The average molecular weight is 343 g/mol. The molecule has 2 amide bonds. The van der Waals surface area contributed by atoms with E-state index in [1.165, 1.54) is 0 Å². The summed E-state index contributed by atoms with van der Waals surface area (Å²) in [6.45, 7) is 5.70. The minimum atomic E-state index is -0.00931. The van der Waals surface area contributed by atoms with E-state index in [1.54, 1.807) is 13.3 Å². The van der Waals surface area contributed by atoms with Crippen LogP contribution in [-0.2, 0) is 6.54 Å². The van der Waals surface area contributed by atoms with Crippen molar-refractivity contribution in [2.24, 2.45) is 0 Å². The zero-order valence-electron chi connectivity index (χ0n) is 14.8. The van der Waals surface area contributed by atoms with Crippen molar-refractivity contribution in [1.82, 2.24) is 20.0 Å². The minimum Gasteiger partial charge on any atom is -0.497 e. The fourth-order valence-electron chi connectivity index (χ4n) is 3.01. The second-order valence-electron chi connectivity index (χ2n) is 6.25. The van der Waals surface area contributed by atoms with Crippen LogP contribution in [0.1, 0.15) is 6.92 Å². The van der Waals surface area contributed by atoms with Crippen LogP contribution in [0.2, 0.25) is 0 Å². The molecule has 25 heavy (non-hydrogen) atoms. The van der Waals surface area contributed by atoms with Gasteiger partial charge in [-0.2, -0.15) is 5.10 Å². The largest absolute Gasteiger partial charge is 0.497 e. The first-order valence-corrected chi connectivity index (χ1v) is 8.57. The number of nitrogens with one attached hydrogen (secondary N) is 1. The molecule has 0 saturated carbocycles. The third kappa shape index (κ3) is 4.43. The van der Waals surface area contributed by atoms with Gasteiger partial charge in [-0.3, -0.25) is 4.68 Å². The molecule has 1 atom stereocenters. The van der Waals surface area contributed by atoms with Gasteiger partial charge in [0, 0.05) is 56.4 Å². The molecule has 0 aliphatic carbocycles. The second-order valence-corrected chi connectivity index (χ2v) is 6.25. The number of anilines is 1. The zero-order valence-corrected chi connectivity index (χ0v) is 14.8. The van der Waals surface area contributed by atoms with Crippen molar-refractivity contribution >= 4 is 11.7 Å². The van der Waals surface area contributed by atoms with E-state index in [-0.39, 0.29) is 12.1 Å². The van der Waals surface area contributed by atoms with E-state index in [0.717, 1.165) is 24.5 Å². The summed E-state index contributed by atoms with van der Waals surface area (Å²) in [5.74, 6) is 0.852. The number of amides is 2. The summed E-state index contributed by atoms with van der Waals surface area (Å²) in [4.78, 5) is 16.6. The number of methoxy groups -OCH3 is 1. The normalized spacial score (nSPS) is 15.8. The Kier molecular flexibility index (Phi) is 5.42. The molecule has 1 N–H and O–H groups in total. The van der Waals surface area contributed by atoms with E-state index < -0.39 is 0 Å². The van der Waals surface area contributed by atoms with E-state index in [0.29, 0.717) is 19.6 Å². The van der Waals surface area contributed by atoms with Gasteiger partial charge in [0.25, 0.3) is 0 Å². The molecule has 1 aliphatic heterocycles. The van der Waals surface area contributed by atoms with Crippen molar-refractivity contribution in [1.29, 1.82) is 0 Å². The molecule has 0 spiro atoms. The van der Waals surface area contributed by atoms with Crippen LogP contribution >= 0.6 is 0 Å². The van der Waals surface area contributed by atoms with Gasteiger partial charge in [-0.05, 0) is 25.1 Å². The van der Waals surface area contributed by atoms with E-state index in [2.05, 4.69) is 21.4 Å². The first-order chi connectivity index (χ1) is 12.2. The maximum atomic E-state index is 12.4. The summed E-state index contributed by atoms with van der Waals surface area (Å²) < 4.78 is 7.11. The molecule has 2 aromatic rings. The summed E-state index contributed by atoms with van der Waals surface area (Å²) in [5.41, 5.74) is 1.13. The predicted octanol–water partition coefficient (Wildman–Crippen LogP) is 1.81. The number of carbonyl (C=O) groups is 1. The van der Waals surface area contributed by atoms with Crippen LogP contribution in [0.3, 0.4) is 0 Å². The Morgan fingerprint density at radius 3 is 2.76 bits per heavy atom. The third-order valence-corrected chi connectivity index (χ3v) is 4.38. The summed E-state index contributed by atoms with van der Waals surface area (Å²) in [6, 6.07) is 9.94. The van der Waals surface area contributed by atoms with Crippen LogP contribution in [0.4, 0.5) is 10.5 Å². The standard InChI is InChI=1S/C18H25N5O2/c1-15(14-23-8-4-7-19-23)20-18(24)22-11-9-21(10-12-22)16-5-3-6-17(13-16)25-2/h3-8,13,15H,9-12,14H2,1-2H3,(H,20,24). The quantitative estimate of drug-likeness (QED) is 0.899. The van der Waals surface area contributed by atoms with Crippen LogP contribution < -0.4 is 15.0 Å². The number of hydrogen-bond acceptors (Lipinski definition) is 4. The molecule has 0 radical (unpaired) electrons. The van der Waals surface area contributed by atoms with E-state index >= 15 is 0 Å². The minimum absolute atomic E-state index is 0.00931. The number of carbonyl (C=O) groups excluding carboxylic acids is 1. The lowest BCUT2D eigenvalue weighted by atomic mass is 10.2. The third-order valence-electron chi connectivity index (χ3n) is 4.38. The van der Waals surface area contributed by atoms with Gasteiger partial charge in [-0.25, -0.2) is 4.79 Å². The number of piperazine rings is 1. The van der Waals surface area contributed by atoms with Gasteiger partial charge >= 0.3 is 6.03 Å². The Morgan fingerprint density at radius 1 is 1.28 bits per heavy atom. The highest BCUT2D eigenvalue weighted by molar-refractivity contribution is 5.74. The van der Waals surface area contributed by atoms with Gasteiger partial charge in [0.15, 0.2) is 0 Å². The number of aromatic nitrogens is 2. The molecule has 1 unspecified atom stereocenters. The molecule has 0 bridgehead atoms. The fraction of sp³-hybridized carbons (Fsp3) is 0.444. The zero-order chi connectivity index (χ0) is 17.6. The van der Waals surface area contributed by atoms with E-state index in [9.17, 15) is 4.79 Å². The Bertz CT molecular complexity index is 681. The van der Waals surface area contributed by atoms with Gasteiger partial charge in [0.1, 0.15) is 5.75 Å². The first kappa shape index (κ1) is 17.1. The maximum Gasteiger partial charge on any atom is 0.317 e. The molecule has 3 rings (SSSR count). The molecule has 1 aromatic carbocycles. The van der Waals surface area contributed by atoms with Gasteiger partial charge in [0.2, 0.25) is 0 Å². The van der Waals surface area contributed by atoms with Crippen molar-refractivity contribution < 1.29 is 9.53 Å². The summed E-state index contributed by atoms with van der Waals surface area (Å²) in [7, 11) is 1.67. The highest BCUT2D eigenvalue weighted by atomic mass is 16.5. The Labute approximate surface area is 148 Å². The van der Waals surface area contributed by atoms with Crippen LogP contribution in [0, 0.1) is 0 Å². The SMILES string of the molecule is COc1cccc(N2CCN(C(=O)NC(C)Cn3cccn3)CC2)c1. The fourth-order valence-corrected chi connectivity index (χ4v) is 3.01. The topological polar surface area (TPSA) is 62.6 Å². The molecule has 1 aliphatic rings. The van der Waals surface area contributed by atoms with E-state index in [1.807, 2.05) is 47.0 Å². The van der Waals surface area contributed by atoms with E-state index in [4.69, 9.17) is 4.74 Å². The van der Waals surface area contributed by atoms with Crippen molar-refractivity contribution in [2.75, 3.05) is 38.2 Å². The average Bonchev–Trinajstić information content (AvgIpc) is 3.14. The highest BCUT2D eigenvalue weighted by Crippen LogP contribution is 2.22. The van der Waals surface area contributed by atoms with Crippen LogP contribution in [-0.4, -0.2) is 60.0 Å². The molecular formula is C18H25N5O2. The summed E-state index contributed by atoms with van der Waals surface area (Å²) >= 11 is 0. The van der Waals surface area contributed by atoms with Gasteiger partial charge in [0.05, 0.1) is 13.7 Å². The molecule has 1 saturated heterocycles. The molecule has 1 aromatic heterocycles. The maximum absolute atomic E-state index is 12.4. The predicted molar refractivity (Wildman–Crippen MR) is 97.0 cm³/mol. The molecule has 7 heteroatoms. The number of hydrogen-bond donors (Lipinski definition) is 1. The van der Waals surface area contributed by atoms with Gasteiger partial charge in [-0.15, -0.1) is 0 Å². The summed E-state index contributed by atoms with van der Waals surface area (Å²) in [5, 5.41) is 7.22. The van der Waals surface area contributed by atoms with Crippen molar-refractivity contribution in [3.8, 4) is 5.75 Å². The lowest BCUT2D eigenvalue weighted by Gasteiger charge is -2.36. The van der Waals surface area contributed by atoms with Crippen LogP contribution in [0.5, 0.6) is 5.75 Å². The molecule has 1 fully saturated rings. The molecule has 2 heterocycles. The number of rotatable bonds is 5. The lowest BCUT2D eigenvalue weighted by Crippen LogP contribution is -2.53. The van der Waals surface area contributed by atoms with Crippen molar-refractivity contribution in [3.63, 3.8) is 0 Å². The molecular weight excluding hydrogens is 318 g/mol. The smallest absolute Gasteiger partial charge is 0.317 e. The van der Waals surface area contributed by atoms with Crippen molar-refractivity contribution in [2.45, 2.75) is 19.5 Å². The highest BCUT2D eigenvalue weighted by Gasteiger charge is 2.22. The number of nitrogens with zero attached hydrogens (tertiary/aromatic N) is 4. The van der Waals surface area contributed by atoms with Gasteiger partial charge in [-0.1, -0.05) is 6.07 Å².